The predicted octanol–water partition coefficient (Wildman–Crippen LogP) is 2.05. The minimum absolute atomic E-state index is 0. The number of likely N-dealkylation sites (tertiary alicyclic amines) is 1. The minimum Gasteiger partial charge on any atom is -0.357 e. The summed E-state index contributed by atoms with van der Waals surface area (Å²) in [4.78, 5) is 19.2. The summed E-state index contributed by atoms with van der Waals surface area (Å²) in [5.74, 6) is 0.802. The van der Waals surface area contributed by atoms with Gasteiger partial charge in [0.1, 0.15) is 0 Å². The lowest BCUT2D eigenvalue weighted by Crippen LogP contribution is -2.45. The lowest BCUT2D eigenvalue weighted by molar-refractivity contribution is -0.143. The Balaban J connectivity index is 0.00000625. The van der Waals surface area contributed by atoms with Crippen LogP contribution < -0.4 is 10.6 Å². The topological polar surface area (TPSA) is 60.0 Å². The molecule has 0 bridgehead atoms. The molecule has 0 aromatic heterocycles. The summed E-state index contributed by atoms with van der Waals surface area (Å²) in [5.41, 5.74) is 0. The smallest absolute Gasteiger partial charge is 0.357 e. The highest BCUT2D eigenvalue weighted by molar-refractivity contribution is 14.0. The summed E-state index contributed by atoms with van der Waals surface area (Å²) in [7, 11) is 1.46. The summed E-state index contributed by atoms with van der Waals surface area (Å²) < 4.78 is 36.8. The molecule has 10 heteroatoms. The zero-order chi connectivity index (χ0) is 18.9. The van der Waals surface area contributed by atoms with E-state index in [4.69, 9.17) is 0 Å². The second kappa shape index (κ2) is 12.6. The molecule has 1 atom stereocenters. The number of guanidine groups is 1. The molecule has 1 fully saturated rings. The van der Waals surface area contributed by atoms with Gasteiger partial charge in [0.25, 0.3) is 0 Å². The first-order valence-electron chi connectivity index (χ1n) is 8.83. The summed E-state index contributed by atoms with van der Waals surface area (Å²) in [6.07, 6.45) is -2.25. The highest BCUT2D eigenvalue weighted by Crippen LogP contribution is 2.15. The molecular weight excluding hydrogens is 462 g/mol. The van der Waals surface area contributed by atoms with Crippen molar-refractivity contribution in [1.82, 2.24) is 20.4 Å². The van der Waals surface area contributed by atoms with Crippen molar-refractivity contribution in [3.63, 3.8) is 0 Å². The third-order valence-electron chi connectivity index (χ3n) is 3.95. The van der Waals surface area contributed by atoms with E-state index >= 15 is 0 Å². The van der Waals surface area contributed by atoms with E-state index in [-0.39, 0.29) is 35.9 Å². The molecule has 0 aliphatic carbocycles. The van der Waals surface area contributed by atoms with E-state index in [1.165, 1.54) is 11.9 Å². The lowest BCUT2D eigenvalue weighted by Gasteiger charge is -2.19. The zero-order valence-corrected chi connectivity index (χ0v) is 18.1. The molecule has 0 spiro atoms. The number of carbonyl (C=O) groups excluding carboxylic acids is 1. The van der Waals surface area contributed by atoms with Crippen molar-refractivity contribution in [2.24, 2.45) is 4.99 Å². The van der Waals surface area contributed by atoms with Crippen molar-refractivity contribution in [3.05, 3.63) is 0 Å². The number of hydrogen-bond acceptors (Lipinski definition) is 3. The molecule has 1 heterocycles. The van der Waals surface area contributed by atoms with Crippen molar-refractivity contribution >= 4 is 35.8 Å². The maximum absolute atomic E-state index is 12.3. The summed E-state index contributed by atoms with van der Waals surface area (Å²) in [5, 5.41) is 6.44. The molecule has 1 rings (SSSR count). The Kier molecular flexibility index (Phi) is 12.2. The second-order valence-corrected chi connectivity index (χ2v) is 6.29. The van der Waals surface area contributed by atoms with Gasteiger partial charge < -0.3 is 15.5 Å². The van der Waals surface area contributed by atoms with E-state index in [2.05, 4.69) is 15.6 Å². The van der Waals surface area contributed by atoms with E-state index in [1.807, 2.05) is 18.7 Å². The van der Waals surface area contributed by atoms with Crippen LogP contribution in [0.25, 0.3) is 0 Å². The Morgan fingerprint density at radius 1 is 1.35 bits per heavy atom. The Morgan fingerprint density at radius 2 is 2.04 bits per heavy atom. The Labute approximate surface area is 171 Å². The molecule has 0 aromatic rings. The highest BCUT2D eigenvalue weighted by atomic mass is 127. The van der Waals surface area contributed by atoms with Crippen LogP contribution in [0.1, 0.15) is 33.1 Å². The van der Waals surface area contributed by atoms with Crippen molar-refractivity contribution < 1.29 is 18.0 Å². The van der Waals surface area contributed by atoms with E-state index in [0.29, 0.717) is 45.0 Å². The van der Waals surface area contributed by atoms with Gasteiger partial charge in [-0.15, -0.1) is 24.0 Å². The van der Waals surface area contributed by atoms with E-state index in [0.717, 1.165) is 13.0 Å². The zero-order valence-electron chi connectivity index (χ0n) is 15.7. The number of halogens is 4. The molecule has 2 N–H and O–H groups in total. The van der Waals surface area contributed by atoms with Gasteiger partial charge >= 0.3 is 6.18 Å². The van der Waals surface area contributed by atoms with Gasteiger partial charge in [0.15, 0.2) is 5.96 Å². The van der Waals surface area contributed by atoms with E-state index in [9.17, 15) is 18.0 Å². The van der Waals surface area contributed by atoms with Crippen LogP contribution in [0.15, 0.2) is 4.99 Å². The third-order valence-corrected chi connectivity index (χ3v) is 3.95. The van der Waals surface area contributed by atoms with Crippen molar-refractivity contribution in [2.75, 3.05) is 46.3 Å². The fraction of sp³-hybridized carbons (Fsp3) is 0.875. The fourth-order valence-electron chi connectivity index (χ4n) is 2.76. The molecule has 0 radical (unpaired) electrons. The van der Waals surface area contributed by atoms with Gasteiger partial charge in [-0.05, 0) is 33.4 Å². The molecule has 1 saturated heterocycles. The Bertz CT molecular complexity index is 448. The van der Waals surface area contributed by atoms with Crippen molar-refractivity contribution in [1.29, 1.82) is 0 Å². The summed E-state index contributed by atoms with van der Waals surface area (Å²) in [6, 6.07) is 0.154. The maximum Gasteiger partial charge on any atom is 0.401 e. The van der Waals surface area contributed by atoms with Gasteiger partial charge in [0.05, 0.1) is 6.54 Å². The highest BCUT2D eigenvalue weighted by Gasteiger charge is 2.29. The van der Waals surface area contributed by atoms with Crippen LogP contribution in [0, 0.1) is 0 Å². The summed E-state index contributed by atoms with van der Waals surface area (Å²) >= 11 is 0. The fourth-order valence-corrected chi connectivity index (χ4v) is 2.76. The quantitative estimate of drug-likeness (QED) is 0.235. The first-order valence-corrected chi connectivity index (χ1v) is 8.83. The van der Waals surface area contributed by atoms with E-state index < -0.39 is 12.7 Å². The van der Waals surface area contributed by atoms with Crippen LogP contribution in [-0.2, 0) is 4.79 Å². The van der Waals surface area contributed by atoms with Crippen LogP contribution in [0.5, 0.6) is 0 Å². The maximum atomic E-state index is 12.3. The molecule has 1 amide bonds. The van der Waals surface area contributed by atoms with Gasteiger partial charge in [0, 0.05) is 38.6 Å². The number of hydrogen-bond donors (Lipinski definition) is 2. The van der Waals surface area contributed by atoms with E-state index in [1.54, 1.807) is 0 Å². The summed E-state index contributed by atoms with van der Waals surface area (Å²) in [6.45, 7) is 5.78. The standard InChI is InChI=1S/C16H30F3N5O.HI/c1-4-14(25)24-10-7-13(11-24)22-15(20-5-2)21-8-6-9-23(3)12-16(17,18)19;/h13H,4-12H2,1-3H3,(H2,20,21,22);1H. The number of nitrogens with one attached hydrogen (secondary N) is 2. The number of aliphatic imine (C=N–C) groups is 1. The van der Waals surface area contributed by atoms with Gasteiger partial charge in [-0.25, -0.2) is 0 Å². The Morgan fingerprint density at radius 3 is 2.62 bits per heavy atom. The first-order chi connectivity index (χ1) is 11.7. The molecule has 6 nitrogen and oxygen atoms in total. The molecule has 1 unspecified atom stereocenters. The van der Waals surface area contributed by atoms with Crippen LogP contribution in [0.4, 0.5) is 13.2 Å². The monoisotopic (exact) mass is 493 g/mol. The Hall–Kier alpha value is -0.780. The van der Waals surface area contributed by atoms with Crippen LogP contribution >= 0.6 is 24.0 Å². The average molecular weight is 493 g/mol. The van der Waals surface area contributed by atoms with Crippen LogP contribution in [0.3, 0.4) is 0 Å². The minimum atomic E-state index is -4.17. The molecule has 1 aliphatic heterocycles. The van der Waals surface area contributed by atoms with Gasteiger partial charge in [-0.1, -0.05) is 6.92 Å². The number of amides is 1. The first kappa shape index (κ1) is 25.2. The molecule has 26 heavy (non-hydrogen) atoms. The van der Waals surface area contributed by atoms with Gasteiger partial charge in [-0.2, -0.15) is 13.2 Å². The normalized spacial score (nSPS) is 18.0. The molecule has 1 aliphatic rings. The number of nitrogens with zero attached hydrogens (tertiary/aromatic N) is 3. The third kappa shape index (κ3) is 10.4. The number of rotatable bonds is 8. The van der Waals surface area contributed by atoms with Crippen LogP contribution in [-0.4, -0.2) is 80.2 Å². The molecule has 0 saturated carbocycles. The SMILES string of the molecule is CCNC(=NCCCN(C)CC(F)(F)F)NC1CCN(C(=O)CC)C1.I. The lowest BCUT2D eigenvalue weighted by atomic mass is 10.3. The molecule has 0 aromatic carbocycles. The van der Waals surface area contributed by atoms with Crippen LogP contribution in [0.2, 0.25) is 0 Å². The van der Waals surface area contributed by atoms with Crippen molar-refractivity contribution in [3.8, 4) is 0 Å². The second-order valence-electron chi connectivity index (χ2n) is 6.29. The van der Waals surface area contributed by atoms with Gasteiger partial charge in [-0.3, -0.25) is 14.7 Å². The molecular formula is C16H31F3IN5O. The number of carbonyl (C=O) groups is 1. The largest absolute Gasteiger partial charge is 0.401 e. The van der Waals surface area contributed by atoms with Gasteiger partial charge in [0.2, 0.25) is 5.91 Å². The number of alkyl halides is 3. The van der Waals surface area contributed by atoms with Crippen molar-refractivity contribution in [2.45, 2.75) is 45.3 Å². The predicted molar refractivity (Wildman–Crippen MR) is 108 cm³/mol. The molecule has 154 valence electrons. The average Bonchev–Trinajstić information content (AvgIpc) is 2.97.